The van der Waals surface area contributed by atoms with Crippen molar-refractivity contribution < 1.29 is 26.0 Å². The van der Waals surface area contributed by atoms with Gasteiger partial charge in [-0.25, -0.2) is 12.8 Å². The van der Waals surface area contributed by atoms with E-state index in [1.807, 2.05) is 54.6 Å². The highest BCUT2D eigenvalue weighted by Crippen LogP contribution is 2.41. The van der Waals surface area contributed by atoms with Crippen molar-refractivity contribution in [3.63, 3.8) is 0 Å². The summed E-state index contributed by atoms with van der Waals surface area (Å²) in [5, 5.41) is -0.463. The number of halogens is 4. The average Bonchev–Trinajstić information content (AvgIpc) is 3.43. The van der Waals surface area contributed by atoms with Crippen LogP contribution in [-0.4, -0.2) is 56.0 Å². The molecule has 4 aromatic rings. The molecule has 3 aromatic carbocycles. The lowest BCUT2D eigenvalue weighted by molar-refractivity contribution is -0.0428. The third-order valence-electron chi connectivity index (χ3n) is 10.8. The first-order chi connectivity index (χ1) is 26.8. The summed E-state index contributed by atoms with van der Waals surface area (Å²) in [4.78, 5) is 4.96. The molecule has 56 heavy (non-hydrogen) atoms. The lowest BCUT2D eigenvalue weighted by Crippen LogP contribution is -2.46. The largest absolute Gasteiger partial charge is 0.501 e. The van der Waals surface area contributed by atoms with E-state index in [9.17, 15) is 26.0 Å². The number of rotatable bonds is 11. The average molecular weight is 824 g/mol. The molecule has 0 amide bonds. The number of nitrogens with zero attached hydrogens (tertiary/aromatic N) is 3. The van der Waals surface area contributed by atoms with Crippen LogP contribution in [0.4, 0.5) is 34.6 Å². The molecule has 14 heteroatoms. The second-order valence-electron chi connectivity index (χ2n) is 14.3. The van der Waals surface area contributed by atoms with Gasteiger partial charge in [0.15, 0.2) is 0 Å². The quantitative estimate of drug-likeness (QED) is 0.115. The highest BCUT2D eigenvalue weighted by atomic mass is 32.2. The fourth-order valence-corrected chi connectivity index (χ4v) is 10.6. The van der Waals surface area contributed by atoms with Gasteiger partial charge in [-0.15, -0.1) is 0 Å². The number of sulfone groups is 1. The Morgan fingerprint density at radius 2 is 1.54 bits per heavy atom. The van der Waals surface area contributed by atoms with Crippen LogP contribution < -0.4 is 19.2 Å². The van der Waals surface area contributed by atoms with Gasteiger partial charge in [-0.05, 0) is 141 Å². The van der Waals surface area contributed by atoms with Crippen LogP contribution in [-0.2, 0) is 16.9 Å². The number of hydrogen-bond acceptors (Lipinski definition) is 8. The summed E-state index contributed by atoms with van der Waals surface area (Å²) < 4.78 is 88.6. The Morgan fingerprint density at radius 1 is 0.839 bits per heavy atom. The first kappa shape index (κ1) is 40.1. The van der Waals surface area contributed by atoms with Crippen molar-refractivity contribution in [2.75, 3.05) is 40.7 Å². The van der Waals surface area contributed by atoms with Crippen molar-refractivity contribution >= 4 is 50.8 Å². The molecule has 2 aliphatic carbocycles. The normalized spacial score (nSPS) is 19.2. The Labute approximate surface area is 335 Å². The van der Waals surface area contributed by atoms with Gasteiger partial charge in [0.05, 0.1) is 16.6 Å². The summed E-state index contributed by atoms with van der Waals surface area (Å²) in [5.41, 5.74) is 4.27. The molecule has 0 radical (unpaired) electrons. The zero-order valence-corrected chi connectivity index (χ0v) is 33.9. The molecule has 1 fully saturated rings. The zero-order chi connectivity index (χ0) is 39.6. The molecule has 1 aromatic heterocycles. The molecule has 2 N–H and O–H groups in total. The standard InChI is InChI=1S/C42H45F4N5O2S3/c1-28-29(2)49(3)41(30-12-14-32(43)15-13-30)40(28)31-8-7-9-35(26-31)51-24-22-50(23-25-51)34-18-16-33(17-19-34)47-55-37-20-21-38(48-54-36-10-5-4-6-11-36)39(27-37)56(52,53)42(44,45)46/h5,7-19,26-27,37-38,47-48H,4,6,20-25H2,1-3H3. The monoisotopic (exact) mass is 823 g/mol. The smallest absolute Gasteiger partial charge is 0.368 e. The number of aromatic nitrogens is 1. The van der Waals surface area contributed by atoms with Crippen molar-refractivity contribution in [2.45, 2.75) is 56.3 Å². The highest BCUT2D eigenvalue weighted by Gasteiger charge is 2.51. The van der Waals surface area contributed by atoms with Gasteiger partial charge < -0.3 is 19.1 Å². The number of anilines is 3. The maximum absolute atomic E-state index is 13.8. The maximum Gasteiger partial charge on any atom is 0.501 e. The number of allylic oxidation sites excluding steroid dienone is 3. The van der Waals surface area contributed by atoms with Gasteiger partial charge in [0.25, 0.3) is 9.84 Å². The van der Waals surface area contributed by atoms with Crippen LogP contribution in [0.15, 0.2) is 107 Å². The molecule has 2 atom stereocenters. The van der Waals surface area contributed by atoms with Gasteiger partial charge in [-0.3, -0.25) is 4.72 Å². The summed E-state index contributed by atoms with van der Waals surface area (Å²) in [7, 11) is -3.45. The van der Waals surface area contributed by atoms with E-state index < -0.39 is 31.5 Å². The van der Waals surface area contributed by atoms with E-state index in [1.54, 1.807) is 0 Å². The van der Waals surface area contributed by atoms with Crippen LogP contribution >= 0.6 is 23.9 Å². The first-order valence-corrected chi connectivity index (χ1v) is 21.8. The Hall–Kier alpha value is -4.11. The minimum absolute atomic E-state index is 0.252. The Balaban J connectivity index is 0.974. The van der Waals surface area contributed by atoms with Crippen molar-refractivity contribution in [1.82, 2.24) is 9.29 Å². The molecule has 1 aliphatic heterocycles. The molecular formula is C42H45F4N5O2S3. The summed E-state index contributed by atoms with van der Waals surface area (Å²) in [5.74, 6) is -0.259. The van der Waals surface area contributed by atoms with E-state index in [2.05, 4.69) is 69.0 Å². The maximum atomic E-state index is 13.8. The van der Waals surface area contributed by atoms with E-state index in [0.717, 1.165) is 89.1 Å². The number of piperazine rings is 1. The van der Waals surface area contributed by atoms with E-state index >= 15 is 0 Å². The van der Waals surface area contributed by atoms with Crippen molar-refractivity contribution in [1.29, 1.82) is 0 Å². The van der Waals surface area contributed by atoms with Crippen LogP contribution in [0.2, 0.25) is 0 Å². The van der Waals surface area contributed by atoms with Gasteiger partial charge >= 0.3 is 5.51 Å². The topological polar surface area (TPSA) is 69.6 Å². The number of nitrogens with one attached hydrogen (secondary N) is 2. The third-order valence-corrected chi connectivity index (χ3v) is 14.4. The van der Waals surface area contributed by atoms with Gasteiger partial charge in [0.2, 0.25) is 0 Å². The number of alkyl halides is 3. The fraction of sp³-hybridized carbons (Fsp3) is 0.333. The fourth-order valence-electron chi connectivity index (χ4n) is 7.49. The van der Waals surface area contributed by atoms with Crippen molar-refractivity contribution in [3.05, 3.63) is 124 Å². The van der Waals surface area contributed by atoms with Crippen LogP contribution in [0.1, 0.15) is 36.9 Å². The van der Waals surface area contributed by atoms with Gasteiger partial charge in [-0.1, -0.05) is 36.4 Å². The van der Waals surface area contributed by atoms with Crippen molar-refractivity contribution in [3.8, 4) is 22.4 Å². The van der Waals surface area contributed by atoms with Gasteiger partial charge in [-0.2, -0.15) is 13.2 Å². The molecule has 7 nitrogen and oxygen atoms in total. The predicted molar refractivity (Wildman–Crippen MR) is 225 cm³/mol. The molecule has 1 saturated heterocycles. The SMILES string of the molecule is Cc1c(-c2cccc(N3CCN(c4ccc(NSC5C=C(S(=O)(=O)C(F)(F)F)C(NSC6=CCCC=C6)CC5)cc4)CC3)c2)c(-c2ccc(F)cc2)n(C)c1C. The Morgan fingerprint density at radius 3 is 2.20 bits per heavy atom. The second-order valence-corrected chi connectivity index (χ2v) is 18.2. The molecule has 2 unspecified atom stereocenters. The van der Waals surface area contributed by atoms with Crippen molar-refractivity contribution in [2.24, 2.45) is 7.05 Å². The van der Waals surface area contributed by atoms with E-state index in [-0.39, 0.29) is 12.2 Å². The molecule has 0 saturated carbocycles. The van der Waals surface area contributed by atoms with Gasteiger partial charge in [0, 0.05) is 71.7 Å². The molecule has 2 heterocycles. The van der Waals surface area contributed by atoms with E-state index in [0.29, 0.717) is 6.42 Å². The summed E-state index contributed by atoms with van der Waals surface area (Å²) in [6, 6.07) is 22.3. The molecule has 0 bridgehead atoms. The van der Waals surface area contributed by atoms with Gasteiger partial charge in [0.1, 0.15) is 5.82 Å². The first-order valence-electron chi connectivity index (χ1n) is 18.7. The van der Waals surface area contributed by atoms with Crippen LogP contribution in [0.5, 0.6) is 0 Å². The summed E-state index contributed by atoms with van der Waals surface area (Å²) >= 11 is 2.39. The lowest BCUT2D eigenvalue weighted by atomic mass is 9.97. The lowest BCUT2D eigenvalue weighted by Gasteiger charge is -2.37. The molecular weight excluding hydrogens is 779 g/mol. The number of hydrogen-bond donors (Lipinski definition) is 2. The predicted octanol–water partition coefficient (Wildman–Crippen LogP) is 10.3. The second kappa shape index (κ2) is 16.8. The van der Waals surface area contributed by atoms with E-state index in [1.165, 1.54) is 47.7 Å². The molecule has 3 aliphatic rings. The Bertz CT molecular complexity index is 2240. The third kappa shape index (κ3) is 8.58. The Kier molecular flexibility index (Phi) is 12.0. The van der Waals surface area contributed by atoms with Crippen LogP contribution in [0.3, 0.4) is 0 Å². The summed E-state index contributed by atoms with van der Waals surface area (Å²) in [6.45, 7) is 7.55. The number of benzene rings is 3. The van der Waals surface area contributed by atoms with Crippen LogP contribution in [0.25, 0.3) is 22.4 Å². The zero-order valence-electron chi connectivity index (χ0n) is 31.4. The van der Waals surface area contributed by atoms with Crippen LogP contribution in [0, 0.1) is 19.7 Å². The molecule has 0 spiro atoms. The van der Waals surface area contributed by atoms with E-state index in [4.69, 9.17) is 0 Å². The molecule has 296 valence electrons. The summed E-state index contributed by atoms with van der Waals surface area (Å²) in [6.07, 6.45) is 9.62. The minimum atomic E-state index is -5.50. The minimum Gasteiger partial charge on any atom is -0.368 e. The highest BCUT2D eigenvalue weighted by molar-refractivity contribution is 8.02. The molecule has 7 rings (SSSR count).